The molecule has 298 valence electrons. The number of hydrogen-bond acceptors (Lipinski definition) is 6. The predicted molar refractivity (Wildman–Crippen MR) is 216 cm³/mol. The van der Waals surface area contributed by atoms with E-state index in [9.17, 15) is 14.2 Å². The van der Waals surface area contributed by atoms with E-state index in [0.29, 0.717) is 12.8 Å². The molecule has 0 saturated heterocycles. The summed E-state index contributed by atoms with van der Waals surface area (Å²) in [5.41, 5.74) is 0. The number of unbranched alkanes of at least 4 members (excludes halogenated alkanes) is 14. The Bertz CT molecular complexity index is 1070. The van der Waals surface area contributed by atoms with E-state index in [1.165, 1.54) is 70.6 Å². The number of phosphoric ester groups is 1. The van der Waals surface area contributed by atoms with Gasteiger partial charge in [0.25, 0.3) is 0 Å². The summed E-state index contributed by atoms with van der Waals surface area (Å²) in [6.07, 6.45) is 49.1. The predicted octanol–water partition coefficient (Wildman–Crippen LogP) is 12.3. The van der Waals surface area contributed by atoms with Gasteiger partial charge in [-0.15, -0.1) is 0 Å². The molecular weight excluding hydrogens is 675 g/mol. The van der Waals surface area contributed by atoms with Gasteiger partial charge in [0.05, 0.1) is 6.61 Å². The third-order valence-corrected chi connectivity index (χ3v) is 8.69. The monoisotopic (exact) mass is 749 g/mol. The van der Waals surface area contributed by atoms with E-state index >= 15 is 0 Å². The van der Waals surface area contributed by atoms with Crippen LogP contribution in [0.3, 0.4) is 0 Å². The van der Waals surface area contributed by atoms with Crippen LogP contribution in [0.15, 0.2) is 72.9 Å². The van der Waals surface area contributed by atoms with E-state index < -0.39 is 32.5 Å². The highest BCUT2D eigenvalue weighted by Crippen LogP contribution is 2.36. The minimum absolute atomic E-state index is 0.185. The molecule has 9 heteroatoms. The summed E-state index contributed by atoms with van der Waals surface area (Å²) in [6.45, 7) is 3.50. The maximum absolute atomic E-state index is 12.4. The van der Waals surface area contributed by atoms with Crippen LogP contribution in [-0.4, -0.2) is 41.0 Å². The van der Waals surface area contributed by atoms with Crippen molar-refractivity contribution in [2.24, 2.45) is 0 Å². The fourth-order valence-electron chi connectivity index (χ4n) is 5.23. The van der Waals surface area contributed by atoms with E-state index in [-0.39, 0.29) is 19.4 Å². The smallest absolute Gasteiger partial charge is 0.462 e. The summed E-state index contributed by atoms with van der Waals surface area (Å²) in [5.74, 6) is -0.960. The minimum Gasteiger partial charge on any atom is -0.462 e. The van der Waals surface area contributed by atoms with Gasteiger partial charge in [0.2, 0.25) is 0 Å². The van der Waals surface area contributed by atoms with Gasteiger partial charge < -0.3 is 19.3 Å². The standard InChI is InChI=1S/C43H73O8P/c1-3-5-7-9-11-13-15-17-19-21-23-25-27-29-31-33-35-37-42(44)49-39-41(40-50-52(46,47)48)51-43(45)38-36-34-32-30-28-26-24-22-20-18-16-14-12-10-8-6-4-2/h5,7,11,13-14,16-17,19,23,25,29,31,41H,3-4,6,8-10,12,15,18,20-22,24,26-28,30,32-40H2,1-2H3,(H2,46,47,48)/b7-5+,13-11+,16-14+,19-17+,25-23+,31-29+/t41-/m1/s1. The van der Waals surface area contributed by atoms with Crippen LogP contribution in [-0.2, 0) is 28.2 Å². The molecule has 0 unspecified atom stereocenters. The van der Waals surface area contributed by atoms with Crippen LogP contribution in [0.4, 0.5) is 0 Å². The summed E-state index contributed by atoms with van der Waals surface area (Å²) in [6, 6.07) is 0. The number of carbonyl (C=O) groups is 2. The van der Waals surface area contributed by atoms with Gasteiger partial charge in [0, 0.05) is 12.8 Å². The van der Waals surface area contributed by atoms with Crippen molar-refractivity contribution in [3.05, 3.63) is 72.9 Å². The second-order valence-corrected chi connectivity index (χ2v) is 14.5. The van der Waals surface area contributed by atoms with Crippen molar-refractivity contribution in [2.45, 2.75) is 174 Å². The highest BCUT2D eigenvalue weighted by molar-refractivity contribution is 7.46. The lowest BCUT2D eigenvalue weighted by Crippen LogP contribution is -2.29. The van der Waals surface area contributed by atoms with E-state index in [4.69, 9.17) is 19.3 Å². The number of esters is 2. The third kappa shape index (κ3) is 40.3. The van der Waals surface area contributed by atoms with Gasteiger partial charge in [-0.25, -0.2) is 4.57 Å². The van der Waals surface area contributed by atoms with Crippen LogP contribution < -0.4 is 0 Å². The number of hydrogen-bond donors (Lipinski definition) is 2. The van der Waals surface area contributed by atoms with Crippen LogP contribution in [0.5, 0.6) is 0 Å². The fourth-order valence-corrected chi connectivity index (χ4v) is 5.59. The number of carbonyl (C=O) groups excluding carboxylic acids is 2. The zero-order chi connectivity index (χ0) is 38.2. The lowest BCUT2D eigenvalue weighted by atomic mass is 10.1. The Morgan fingerprint density at radius 1 is 0.519 bits per heavy atom. The number of ether oxygens (including phenoxy) is 2. The molecule has 0 rings (SSSR count). The molecule has 2 N–H and O–H groups in total. The van der Waals surface area contributed by atoms with Crippen molar-refractivity contribution in [2.75, 3.05) is 13.2 Å². The van der Waals surface area contributed by atoms with E-state index in [1.54, 1.807) is 0 Å². The van der Waals surface area contributed by atoms with Gasteiger partial charge in [-0.2, -0.15) is 0 Å². The first-order valence-electron chi connectivity index (χ1n) is 20.2. The lowest BCUT2D eigenvalue weighted by Gasteiger charge is -2.18. The number of rotatable bonds is 36. The van der Waals surface area contributed by atoms with Crippen molar-refractivity contribution in [3.8, 4) is 0 Å². The van der Waals surface area contributed by atoms with Crippen molar-refractivity contribution < 1.29 is 37.9 Å². The van der Waals surface area contributed by atoms with Crippen molar-refractivity contribution in [3.63, 3.8) is 0 Å². The van der Waals surface area contributed by atoms with Gasteiger partial charge in [-0.3, -0.25) is 14.1 Å². The highest BCUT2D eigenvalue weighted by atomic mass is 31.2. The fraction of sp³-hybridized carbons (Fsp3) is 0.674. The maximum atomic E-state index is 12.4. The molecule has 0 aliphatic carbocycles. The first-order valence-corrected chi connectivity index (χ1v) is 21.8. The Labute approximate surface area is 317 Å². The minimum atomic E-state index is -4.77. The van der Waals surface area contributed by atoms with Gasteiger partial charge in [0.15, 0.2) is 6.10 Å². The largest absolute Gasteiger partial charge is 0.469 e. The van der Waals surface area contributed by atoms with Crippen molar-refractivity contribution in [1.29, 1.82) is 0 Å². The Balaban J connectivity index is 4.04. The first-order chi connectivity index (χ1) is 25.3. The molecule has 0 aromatic rings. The second-order valence-electron chi connectivity index (χ2n) is 13.2. The quantitative estimate of drug-likeness (QED) is 0.0281. The Kier molecular flexibility index (Phi) is 36.4. The van der Waals surface area contributed by atoms with Gasteiger partial charge in [-0.1, -0.05) is 151 Å². The zero-order valence-corrected chi connectivity index (χ0v) is 33.6. The average Bonchev–Trinajstić information content (AvgIpc) is 3.11. The molecular formula is C43H73O8P. The molecule has 0 bridgehead atoms. The van der Waals surface area contributed by atoms with Crippen LogP contribution in [0.25, 0.3) is 0 Å². The summed E-state index contributed by atoms with van der Waals surface area (Å²) in [4.78, 5) is 42.8. The molecule has 8 nitrogen and oxygen atoms in total. The lowest BCUT2D eigenvalue weighted by molar-refractivity contribution is -0.161. The molecule has 0 aliphatic rings. The third-order valence-electron chi connectivity index (χ3n) is 8.21. The van der Waals surface area contributed by atoms with Crippen LogP contribution in [0.1, 0.15) is 168 Å². The molecule has 0 aromatic carbocycles. The second kappa shape index (κ2) is 38.2. The number of phosphoric acid groups is 1. The number of allylic oxidation sites excluding steroid dienone is 12. The molecule has 0 saturated carbocycles. The molecule has 0 amide bonds. The molecule has 0 spiro atoms. The van der Waals surface area contributed by atoms with Gasteiger partial charge >= 0.3 is 19.8 Å². The molecule has 0 aliphatic heterocycles. The molecule has 52 heavy (non-hydrogen) atoms. The Morgan fingerprint density at radius 2 is 0.942 bits per heavy atom. The summed E-state index contributed by atoms with van der Waals surface area (Å²) in [5, 5.41) is 0. The van der Waals surface area contributed by atoms with Gasteiger partial charge in [-0.05, 0) is 77.0 Å². The van der Waals surface area contributed by atoms with Crippen LogP contribution in [0.2, 0.25) is 0 Å². The van der Waals surface area contributed by atoms with E-state index in [0.717, 1.165) is 57.8 Å². The van der Waals surface area contributed by atoms with Crippen molar-refractivity contribution >= 4 is 19.8 Å². The Morgan fingerprint density at radius 3 is 1.46 bits per heavy atom. The van der Waals surface area contributed by atoms with Gasteiger partial charge in [0.1, 0.15) is 6.61 Å². The zero-order valence-electron chi connectivity index (χ0n) is 32.7. The van der Waals surface area contributed by atoms with E-state index in [2.05, 4.69) is 85.2 Å². The maximum Gasteiger partial charge on any atom is 0.469 e. The molecule has 0 fully saturated rings. The average molecular weight is 749 g/mol. The topological polar surface area (TPSA) is 119 Å². The normalized spacial score (nSPS) is 13.2. The summed E-state index contributed by atoms with van der Waals surface area (Å²) >= 11 is 0. The molecule has 0 radical (unpaired) electrons. The van der Waals surface area contributed by atoms with Crippen LogP contribution in [0, 0.1) is 0 Å². The summed E-state index contributed by atoms with van der Waals surface area (Å²) in [7, 11) is -4.77. The first kappa shape index (κ1) is 49.5. The molecule has 0 heterocycles. The van der Waals surface area contributed by atoms with Crippen LogP contribution >= 0.6 is 7.82 Å². The highest BCUT2D eigenvalue weighted by Gasteiger charge is 2.22. The van der Waals surface area contributed by atoms with E-state index in [1.807, 2.05) is 6.08 Å². The SMILES string of the molecule is CC/C=C/C/C=C/C/C=C/C/C=C/C/C=C/CCCC(=O)OC[C@H](COP(=O)(O)O)OC(=O)CCCCCCCCCCC/C=C/CCCCCC. The molecule has 0 aromatic heterocycles. The summed E-state index contributed by atoms with van der Waals surface area (Å²) < 4.78 is 26.3. The Hall–Kier alpha value is -2.51. The molecule has 1 atom stereocenters. The van der Waals surface area contributed by atoms with Crippen molar-refractivity contribution in [1.82, 2.24) is 0 Å².